The maximum atomic E-state index is 12.2. The van der Waals surface area contributed by atoms with Crippen molar-refractivity contribution >= 4 is 5.91 Å². The second kappa shape index (κ2) is 5.26. The van der Waals surface area contributed by atoms with Crippen molar-refractivity contribution < 1.29 is 13.7 Å². The second-order valence-electron chi connectivity index (χ2n) is 6.26. The molecule has 22 heavy (non-hydrogen) atoms. The van der Waals surface area contributed by atoms with Crippen molar-refractivity contribution in [1.82, 2.24) is 15.0 Å². The summed E-state index contributed by atoms with van der Waals surface area (Å²) < 4.78 is 10.9. The number of carbonyl (C=O) groups is 1. The van der Waals surface area contributed by atoms with Gasteiger partial charge < -0.3 is 13.8 Å². The minimum absolute atomic E-state index is 0.133. The van der Waals surface area contributed by atoms with Crippen molar-refractivity contribution in [3.8, 4) is 11.6 Å². The van der Waals surface area contributed by atoms with Crippen molar-refractivity contribution in [2.24, 2.45) is 5.92 Å². The zero-order chi connectivity index (χ0) is 15.1. The van der Waals surface area contributed by atoms with Gasteiger partial charge in [-0.15, -0.1) is 0 Å². The van der Waals surface area contributed by atoms with Gasteiger partial charge in [-0.3, -0.25) is 4.79 Å². The van der Waals surface area contributed by atoms with Crippen LogP contribution in [0.5, 0.6) is 0 Å². The van der Waals surface area contributed by atoms with E-state index in [1.54, 1.807) is 0 Å². The topological polar surface area (TPSA) is 72.4 Å². The molecule has 6 nitrogen and oxygen atoms in total. The number of amides is 1. The third-order valence-electron chi connectivity index (χ3n) is 4.41. The van der Waals surface area contributed by atoms with E-state index in [9.17, 15) is 4.79 Å². The lowest BCUT2D eigenvalue weighted by Crippen LogP contribution is -2.40. The highest BCUT2D eigenvalue weighted by molar-refractivity contribution is 5.81. The SMILES string of the molecule is Cc1ccc(-c2noc(C3CCCN(C(=O)C4CC4)C3)n2)o1. The molecule has 6 heteroatoms. The summed E-state index contributed by atoms with van der Waals surface area (Å²) in [5.41, 5.74) is 0. The summed E-state index contributed by atoms with van der Waals surface area (Å²) >= 11 is 0. The van der Waals surface area contributed by atoms with Crippen LogP contribution in [0.15, 0.2) is 21.1 Å². The molecule has 1 atom stereocenters. The number of piperidine rings is 1. The van der Waals surface area contributed by atoms with Gasteiger partial charge in [0, 0.05) is 19.0 Å². The first-order valence-corrected chi connectivity index (χ1v) is 7.90. The van der Waals surface area contributed by atoms with Crippen LogP contribution in [0.25, 0.3) is 11.6 Å². The molecule has 2 aliphatic rings. The Morgan fingerprint density at radius 3 is 2.91 bits per heavy atom. The predicted octanol–water partition coefficient (Wildman–Crippen LogP) is 2.75. The molecular formula is C16H19N3O3. The summed E-state index contributed by atoms with van der Waals surface area (Å²) in [6.07, 6.45) is 4.05. The molecule has 0 aromatic carbocycles. The van der Waals surface area contributed by atoms with E-state index in [-0.39, 0.29) is 11.8 Å². The zero-order valence-corrected chi connectivity index (χ0v) is 12.6. The van der Waals surface area contributed by atoms with Gasteiger partial charge in [0.25, 0.3) is 0 Å². The van der Waals surface area contributed by atoms with Crippen molar-refractivity contribution in [2.75, 3.05) is 13.1 Å². The molecule has 1 unspecified atom stereocenters. The molecule has 0 spiro atoms. The van der Waals surface area contributed by atoms with E-state index >= 15 is 0 Å². The maximum Gasteiger partial charge on any atom is 0.238 e. The Hall–Kier alpha value is -2.11. The Bertz CT molecular complexity index is 686. The van der Waals surface area contributed by atoms with Crippen molar-refractivity contribution in [3.05, 3.63) is 23.8 Å². The highest BCUT2D eigenvalue weighted by Crippen LogP contribution is 2.34. The molecule has 2 aromatic rings. The van der Waals surface area contributed by atoms with Crippen molar-refractivity contribution in [3.63, 3.8) is 0 Å². The summed E-state index contributed by atoms with van der Waals surface area (Å²) in [7, 11) is 0. The van der Waals surface area contributed by atoms with Gasteiger partial charge in [-0.1, -0.05) is 5.16 Å². The number of likely N-dealkylation sites (tertiary alicyclic amines) is 1. The minimum atomic E-state index is 0.133. The molecule has 1 saturated heterocycles. The highest BCUT2D eigenvalue weighted by Gasteiger charge is 2.36. The van der Waals surface area contributed by atoms with Crippen LogP contribution < -0.4 is 0 Å². The lowest BCUT2D eigenvalue weighted by Gasteiger charge is -2.31. The fraction of sp³-hybridized carbons (Fsp3) is 0.562. The van der Waals surface area contributed by atoms with Gasteiger partial charge in [0.05, 0.1) is 5.92 Å². The number of aromatic nitrogens is 2. The molecule has 4 rings (SSSR count). The van der Waals surface area contributed by atoms with E-state index < -0.39 is 0 Å². The average Bonchev–Trinajstić information content (AvgIpc) is 3.10. The van der Waals surface area contributed by atoms with Crippen LogP contribution in [0.1, 0.15) is 43.3 Å². The Kier molecular flexibility index (Phi) is 3.24. The molecular weight excluding hydrogens is 282 g/mol. The van der Waals surface area contributed by atoms with E-state index in [0.717, 1.165) is 38.0 Å². The number of nitrogens with zero attached hydrogens (tertiary/aromatic N) is 3. The normalized spacial score (nSPS) is 22.0. The molecule has 1 aliphatic heterocycles. The van der Waals surface area contributed by atoms with E-state index in [1.807, 2.05) is 24.0 Å². The monoisotopic (exact) mass is 301 g/mol. The first-order valence-electron chi connectivity index (χ1n) is 7.90. The van der Waals surface area contributed by atoms with Crippen LogP contribution in [0.4, 0.5) is 0 Å². The summed E-state index contributed by atoms with van der Waals surface area (Å²) in [5, 5.41) is 4.01. The molecule has 1 amide bonds. The van der Waals surface area contributed by atoms with Crippen molar-refractivity contribution in [2.45, 2.75) is 38.5 Å². The summed E-state index contributed by atoms with van der Waals surface area (Å²) in [6, 6.07) is 3.72. The van der Waals surface area contributed by atoms with Crippen LogP contribution in [0.3, 0.4) is 0 Å². The molecule has 0 radical (unpaired) electrons. The van der Waals surface area contributed by atoms with Gasteiger partial charge in [0.15, 0.2) is 5.76 Å². The van der Waals surface area contributed by atoms with E-state index in [4.69, 9.17) is 8.94 Å². The van der Waals surface area contributed by atoms with Crippen molar-refractivity contribution in [1.29, 1.82) is 0 Å². The fourth-order valence-corrected chi connectivity index (χ4v) is 3.02. The minimum Gasteiger partial charge on any atom is -0.458 e. The van der Waals surface area contributed by atoms with Gasteiger partial charge in [-0.05, 0) is 44.7 Å². The first-order chi connectivity index (χ1) is 10.7. The molecule has 2 aromatic heterocycles. The first kappa shape index (κ1) is 13.5. The zero-order valence-electron chi connectivity index (χ0n) is 12.6. The Balaban J connectivity index is 1.49. The van der Waals surface area contributed by atoms with Gasteiger partial charge in [-0.2, -0.15) is 4.98 Å². The number of furan rings is 1. The number of hydrogen-bond acceptors (Lipinski definition) is 5. The number of aryl methyl sites for hydroxylation is 1. The fourth-order valence-electron chi connectivity index (χ4n) is 3.02. The number of hydrogen-bond donors (Lipinski definition) is 0. The molecule has 2 fully saturated rings. The summed E-state index contributed by atoms with van der Waals surface area (Å²) in [5.74, 6) is 3.23. The van der Waals surface area contributed by atoms with Crippen LogP contribution in [0.2, 0.25) is 0 Å². The summed E-state index contributed by atoms with van der Waals surface area (Å²) in [4.78, 5) is 18.6. The molecule has 1 saturated carbocycles. The van der Waals surface area contributed by atoms with Gasteiger partial charge in [0.1, 0.15) is 5.76 Å². The quantitative estimate of drug-likeness (QED) is 0.871. The molecule has 0 bridgehead atoms. The van der Waals surface area contributed by atoms with Crippen LogP contribution in [-0.2, 0) is 4.79 Å². The third kappa shape index (κ3) is 2.53. The van der Waals surface area contributed by atoms with E-state index in [2.05, 4.69) is 10.1 Å². The predicted molar refractivity (Wildman–Crippen MR) is 78.0 cm³/mol. The van der Waals surface area contributed by atoms with E-state index in [0.29, 0.717) is 29.9 Å². The lowest BCUT2D eigenvalue weighted by molar-refractivity contribution is -0.133. The van der Waals surface area contributed by atoms with Crippen LogP contribution in [-0.4, -0.2) is 34.0 Å². The highest BCUT2D eigenvalue weighted by atomic mass is 16.5. The smallest absolute Gasteiger partial charge is 0.238 e. The number of rotatable bonds is 3. The van der Waals surface area contributed by atoms with E-state index in [1.165, 1.54) is 0 Å². The van der Waals surface area contributed by atoms with Gasteiger partial charge >= 0.3 is 0 Å². The standard InChI is InChI=1S/C16H19N3O3/c1-10-4-7-13(21-10)14-17-15(22-18-14)12-3-2-8-19(9-12)16(20)11-5-6-11/h4,7,11-12H,2-3,5-6,8-9H2,1H3. The largest absolute Gasteiger partial charge is 0.458 e. The molecule has 1 aliphatic carbocycles. The van der Waals surface area contributed by atoms with Crippen LogP contribution >= 0.6 is 0 Å². The van der Waals surface area contributed by atoms with Gasteiger partial charge in [-0.25, -0.2) is 0 Å². The average molecular weight is 301 g/mol. The Labute approximate surface area is 128 Å². The maximum absolute atomic E-state index is 12.2. The van der Waals surface area contributed by atoms with Gasteiger partial charge in [0.2, 0.25) is 17.6 Å². The Morgan fingerprint density at radius 1 is 1.32 bits per heavy atom. The molecule has 3 heterocycles. The molecule has 0 N–H and O–H groups in total. The summed E-state index contributed by atoms with van der Waals surface area (Å²) in [6.45, 7) is 3.42. The third-order valence-corrected chi connectivity index (χ3v) is 4.41. The second-order valence-corrected chi connectivity index (χ2v) is 6.26. The molecule has 116 valence electrons. The van der Waals surface area contributed by atoms with Crippen LogP contribution in [0, 0.1) is 12.8 Å². The Morgan fingerprint density at radius 2 is 2.18 bits per heavy atom. The lowest BCUT2D eigenvalue weighted by atomic mass is 9.97. The number of carbonyl (C=O) groups excluding carboxylic acids is 1.